The van der Waals surface area contributed by atoms with E-state index >= 15 is 0 Å². The predicted octanol–water partition coefficient (Wildman–Crippen LogP) is 1.09. The minimum absolute atomic E-state index is 0.157. The van der Waals surface area contributed by atoms with Crippen LogP contribution in [0, 0.1) is 0 Å². The van der Waals surface area contributed by atoms with Gasteiger partial charge in [0.2, 0.25) is 5.91 Å². The predicted molar refractivity (Wildman–Crippen MR) is 56.2 cm³/mol. The second-order valence-electron chi connectivity index (χ2n) is 3.79. The average Bonchev–Trinajstić information content (AvgIpc) is 2.41. The van der Waals surface area contributed by atoms with Crippen molar-refractivity contribution in [1.29, 1.82) is 0 Å². The van der Waals surface area contributed by atoms with Gasteiger partial charge >= 0.3 is 0 Å². The lowest BCUT2D eigenvalue weighted by atomic mass is 9.95. The number of nitrogens with zero attached hydrogens (tertiary/aromatic N) is 1. The molecule has 0 spiro atoms. The Morgan fingerprint density at radius 3 is 2.71 bits per heavy atom. The molecule has 1 amide bonds. The van der Waals surface area contributed by atoms with Gasteiger partial charge in [0.25, 0.3) is 0 Å². The number of fused-ring (bicyclic) bond motifs is 1. The molecule has 1 heterocycles. The normalized spacial score (nSPS) is 24.9. The van der Waals surface area contributed by atoms with Gasteiger partial charge in [-0.3, -0.25) is 4.79 Å². The Hall–Kier alpha value is -1.51. The number of para-hydroxylation sites is 1. The molecule has 2 atom stereocenters. The lowest BCUT2D eigenvalue weighted by Crippen LogP contribution is -2.34. The van der Waals surface area contributed by atoms with Crippen LogP contribution in [-0.4, -0.2) is 19.0 Å². The van der Waals surface area contributed by atoms with E-state index in [1.807, 2.05) is 38.2 Å². The number of carbonyl (C=O) groups excluding carboxylic acids is 1. The molecule has 74 valence electrons. The molecular formula is C11H14N2O. The Bertz CT molecular complexity index is 375. The molecule has 0 saturated carbocycles. The van der Waals surface area contributed by atoms with Crippen LogP contribution >= 0.6 is 0 Å². The van der Waals surface area contributed by atoms with Crippen molar-refractivity contribution >= 4 is 11.6 Å². The highest BCUT2D eigenvalue weighted by atomic mass is 16.1. The van der Waals surface area contributed by atoms with Crippen molar-refractivity contribution in [2.75, 3.05) is 11.9 Å². The van der Waals surface area contributed by atoms with Crippen molar-refractivity contribution in [1.82, 2.24) is 0 Å². The zero-order valence-corrected chi connectivity index (χ0v) is 8.40. The Balaban J connectivity index is 2.53. The minimum atomic E-state index is -0.241. The van der Waals surface area contributed by atoms with Crippen molar-refractivity contribution in [3.8, 4) is 0 Å². The molecule has 1 aromatic carbocycles. The van der Waals surface area contributed by atoms with E-state index < -0.39 is 0 Å². The van der Waals surface area contributed by atoms with Gasteiger partial charge in [0, 0.05) is 18.8 Å². The van der Waals surface area contributed by atoms with Crippen molar-refractivity contribution in [3.63, 3.8) is 0 Å². The third-order valence-electron chi connectivity index (χ3n) is 3.05. The fourth-order valence-corrected chi connectivity index (χ4v) is 2.17. The smallest absolute Gasteiger partial charge is 0.227 e. The molecule has 0 aliphatic carbocycles. The maximum Gasteiger partial charge on any atom is 0.227 e. The number of hydrogen-bond donors (Lipinski definition) is 1. The van der Waals surface area contributed by atoms with E-state index in [-0.39, 0.29) is 17.9 Å². The fourth-order valence-electron chi connectivity index (χ4n) is 2.17. The van der Waals surface area contributed by atoms with Gasteiger partial charge in [-0.05, 0) is 18.6 Å². The topological polar surface area (TPSA) is 46.3 Å². The maximum absolute atomic E-state index is 11.3. The fraction of sp³-hybridized carbons (Fsp3) is 0.364. The third-order valence-corrected chi connectivity index (χ3v) is 3.05. The Morgan fingerprint density at radius 2 is 2.07 bits per heavy atom. The zero-order chi connectivity index (χ0) is 10.3. The average molecular weight is 190 g/mol. The van der Waals surface area contributed by atoms with Crippen LogP contribution in [0.15, 0.2) is 24.3 Å². The van der Waals surface area contributed by atoms with E-state index in [0.717, 1.165) is 11.3 Å². The van der Waals surface area contributed by atoms with E-state index in [2.05, 4.69) is 4.90 Å². The molecule has 2 N–H and O–H groups in total. The van der Waals surface area contributed by atoms with E-state index in [0.29, 0.717) is 0 Å². The highest BCUT2D eigenvalue weighted by Crippen LogP contribution is 2.39. The van der Waals surface area contributed by atoms with E-state index in [9.17, 15) is 4.79 Å². The molecule has 0 fully saturated rings. The monoisotopic (exact) mass is 190 g/mol. The van der Waals surface area contributed by atoms with Gasteiger partial charge in [0.1, 0.15) is 0 Å². The number of anilines is 1. The molecule has 3 heteroatoms. The molecule has 0 radical (unpaired) electrons. The summed E-state index contributed by atoms with van der Waals surface area (Å²) < 4.78 is 0. The molecule has 1 aliphatic heterocycles. The quantitative estimate of drug-likeness (QED) is 0.720. The Kier molecular flexibility index (Phi) is 1.95. The van der Waals surface area contributed by atoms with Crippen LogP contribution < -0.4 is 10.6 Å². The summed E-state index contributed by atoms with van der Waals surface area (Å²) in [4.78, 5) is 13.4. The van der Waals surface area contributed by atoms with Gasteiger partial charge in [-0.25, -0.2) is 0 Å². The summed E-state index contributed by atoms with van der Waals surface area (Å²) in [7, 11) is 1.99. The number of hydrogen-bond acceptors (Lipinski definition) is 2. The number of carbonyl (C=O) groups is 1. The van der Waals surface area contributed by atoms with Gasteiger partial charge in [-0.1, -0.05) is 18.2 Å². The highest BCUT2D eigenvalue weighted by Gasteiger charge is 2.36. The Labute approximate surface area is 83.5 Å². The van der Waals surface area contributed by atoms with Gasteiger partial charge in [0.05, 0.1) is 5.92 Å². The standard InChI is InChI=1S/C11H14N2O/c1-7-10(11(12)14)8-5-3-4-6-9(8)13(7)2/h3-7,10H,1-2H3,(H2,12,14). The first-order chi connectivity index (χ1) is 6.63. The first kappa shape index (κ1) is 9.06. The summed E-state index contributed by atoms with van der Waals surface area (Å²) in [6.07, 6.45) is 0. The Morgan fingerprint density at radius 1 is 1.43 bits per heavy atom. The molecular weight excluding hydrogens is 176 g/mol. The molecule has 2 rings (SSSR count). The summed E-state index contributed by atoms with van der Waals surface area (Å²) in [5.74, 6) is -0.412. The summed E-state index contributed by atoms with van der Waals surface area (Å²) >= 11 is 0. The van der Waals surface area contributed by atoms with Crippen LogP contribution in [0.4, 0.5) is 5.69 Å². The van der Waals surface area contributed by atoms with Gasteiger partial charge in [0.15, 0.2) is 0 Å². The molecule has 2 unspecified atom stereocenters. The third kappa shape index (κ3) is 1.09. The second kappa shape index (κ2) is 3.01. The van der Waals surface area contributed by atoms with Crippen LogP contribution in [0.3, 0.4) is 0 Å². The van der Waals surface area contributed by atoms with E-state index in [1.165, 1.54) is 0 Å². The lowest BCUT2D eigenvalue weighted by molar-refractivity contribution is -0.119. The lowest BCUT2D eigenvalue weighted by Gasteiger charge is -2.20. The summed E-state index contributed by atoms with van der Waals surface area (Å²) in [6, 6.07) is 8.08. The van der Waals surface area contributed by atoms with Gasteiger partial charge in [-0.15, -0.1) is 0 Å². The number of benzene rings is 1. The summed E-state index contributed by atoms with van der Waals surface area (Å²) in [6.45, 7) is 2.02. The van der Waals surface area contributed by atoms with Gasteiger partial charge in [-0.2, -0.15) is 0 Å². The van der Waals surface area contributed by atoms with Crippen LogP contribution in [0.25, 0.3) is 0 Å². The molecule has 0 aromatic heterocycles. The number of rotatable bonds is 1. The first-order valence-corrected chi connectivity index (χ1v) is 4.74. The maximum atomic E-state index is 11.3. The SMILES string of the molecule is CC1C(C(N)=O)c2ccccc2N1C. The molecule has 1 aliphatic rings. The molecule has 0 saturated heterocycles. The van der Waals surface area contributed by atoms with Crippen molar-refractivity contribution in [2.24, 2.45) is 5.73 Å². The van der Waals surface area contributed by atoms with Crippen molar-refractivity contribution in [3.05, 3.63) is 29.8 Å². The summed E-state index contributed by atoms with van der Waals surface area (Å²) in [5.41, 5.74) is 7.57. The van der Waals surface area contributed by atoms with Crippen LogP contribution in [0.1, 0.15) is 18.4 Å². The van der Waals surface area contributed by atoms with Crippen LogP contribution in [-0.2, 0) is 4.79 Å². The molecule has 3 nitrogen and oxygen atoms in total. The van der Waals surface area contributed by atoms with Crippen LogP contribution in [0.5, 0.6) is 0 Å². The second-order valence-corrected chi connectivity index (χ2v) is 3.79. The molecule has 14 heavy (non-hydrogen) atoms. The van der Waals surface area contributed by atoms with Crippen molar-refractivity contribution in [2.45, 2.75) is 18.9 Å². The summed E-state index contributed by atoms with van der Waals surface area (Å²) in [5, 5.41) is 0. The van der Waals surface area contributed by atoms with E-state index in [1.54, 1.807) is 0 Å². The van der Waals surface area contributed by atoms with E-state index in [4.69, 9.17) is 5.73 Å². The number of nitrogens with two attached hydrogens (primary N) is 1. The number of amides is 1. The largest absolute Gasteiger partial charge is 0.371 e. The molecule has 1 aromatic rings. The first-order valence-electron chi connectivity index (χ1n) is 4.74. The molecule has 0 bridgehead atoms. The van der Waals surface area contributed by atoms with Crippen molar-refractivity contribution < 1.29 is 4.79 Å². The number of likely N-dealkylation sites (N-methyl/N-ethyl adjacent to an activating group) is 1. The van der Waals surface area contributed by atoms with Crippen LogP contribution in [0.2, 0.25) is 0 Å². The zero-order valence-electron chi connectivity index (χ0n) is 8.40. The number of primary amides is 1. The van der Waals surface area contributed by atoms with Gasteiger partial charge < -0.3 is 10.6 Å². The minimum Gasteiger partial charge on any atom is -0.371 e. The highest BCUT2D eigenvalue weighted by molar-refractivity contribution is 5.88.